The molecule has 2 heterocycles. The highest BCUT2D eigenvalue weighted by molar-refractivity contribution is 5.37. The highest BCUT2D eigenvalue weighted by Crippen LogP contribution is 2.31. The fraction of sp³-hybridized carbons (Fsp3) is 0.571. The van der Waals surface area contributed by atoms with Gasteiger partial charge in [-0.25, -0.2) is 0 Å². The van der Waals surface area contributed by atoms with E-state index in [-0.39, 0.29) is 0 Å². The maximum atomic E-state index is 5.66. The van der Waals surface area contributed by atoms with Crippen LogP contribution in [0.5, 0.6) is 5.75 Å². The van der Waals surface area contributed by atoms with Crippen molar-refractivity contribution in [3.63, 3.8) is 0 Å². The number of fused-ring (bicyclic) bond motifs is 1. The standard InChI is InChI=1S/C14H19NO2/c1-2-4-14-12(3-1)13(6-8-17-14)15-9-11-5-7-16-10-11/h1-4,11,13,15H,5-10H2/t11-,13-/m0/s1. The Labute approximate surface area is 102 Å². The van der Waals surface area contributed by atoms with E-state index in [9.17, 15) is 0 Å². The summed E-state index contributed by atoms with van der Waals surface area (Å²) in [7, 11) is 0. The molecule has 0 saturated carbocycles. The molecule has 0 aliphatic carbocycles. The van der Waals surface area contributed by atoms with E-state index in [1.807, 2.05) is 6.07 Å². The molecule has 2 aliphatic heterocycles. The number of hydrogen-bond acceptors (Lipinski definition) is 3. The van der Waals surface area contributed by atoms with Gasteiger partial charge in [0.2, 0.25) is 0 Å². The van der Waals surface area contributed by atoms with Crippen molar-refractivity contribution in [2.24, 2.45) is 5.92 Å². The van der Waals surface area contributed by atoms with Crippen LogP contribution in [0.4, 0.5) is 0 Å². The van der Waals surface area contributed by atoms with Crippen molar-refractivity contribution < 1.29 is 9.47 Å². The Morgan fingerprint density at radius 3 is 3.00 bits per heavy atom. The lowest BCUT2D eigenvalue weighted by molar-refractivity contribution is 0.183. The van der Waals surface area contributed by atoms with Gasteiger partial charge >= 0.3 is 0 Å². The first-order valence-electron chi connectivity index (χ1n) is 6.46. The molecule has 1 aromatic carbocycles. The van der Waals surface area contributed by atoms with Crippen LogP contribution in [-0.2, 0) is 4.74 Å². The Bertz CT molecular complexity index is 374. The van der Waals surface area contributed by atoms with Gasteiger partial charge in [0.25, 0.3) is 0 Å². The van der Waals surface area contributed by atoms with Gasteiger partial charge in [-0.1, -0.05) is 18.2 Å². The number of ether oxygens (including phenoxy) is 2. The average molecular weight is 233 g/mol. The molecule has 1 fully saturated rings. The maximum absolute atomic E-state index is 5.66. The molecule has 0 bridgehead atoms. The van der Waals surface area contributed by atoms with Gasteiger partial charge < -0.3 is 14.8 Å². The zero-order valence-electron chi connectivity index (χ0n) is 10.0. The van der Waals surface area contributed by atoms with Crippen LogP contribution in [0.25, 0.3) is 0 Å². The molecular weight excluding hydrogens is 214 g/mol. The minimum Gasteiger partial charge on any atom is -0.493 e. The molecule has 3 rings (SSSR count). The fourth-order valence-corrected chi connectivity index (χ4v) is 2.61. The average Bonchev–Trinajstić information content (AvgIpc) is 2.89. The summed E-state index contributed by atoms with van der Waals surface area (Å²) in [5.41, 5.74) is 1.30. The Morgan fingerprint density at radius 2 is 2.12 bits per heavy atom. The summed E-state index contributed by atoms with van der Waals surface area (Å²) in [6.07, 6.45) is 2.25. The molecule has 0 aromatic heterocycles. The van der Waals surface area contributed by atoms with E-state index in [2.05, 4.69) is 23.5 Å². The monoisotopic (exact) mass is 233 g/mol. The van der Waals surface area contributed by atoms with Crippen molar-refractivity contribution in [3.8, 4) is 5.75 Å². The summed E-state index contributed by atoms with van der Waals surface area (Å²) in [4.78, 5) is 0. The lowest BCUT2D eigenvalue weighted by atomic mass is 9.99. The van der Waals surface area contributed by atoms with Gasteiger partial charge in [0.05, 0.1) is 13.2 Å². The lowest BCUT2D eigenvalue weighted by Crippen LogP contribution is -2.31. The third-order valence-electron chi connectivity index (χ3n) is 3.64. The summed E-state index contributed by atoms with van der Waals surface area (Å²) in [6, 6.07) is 8.78. The molecule has 0 unspecified atom stereocenters. The van der Waals surface area contributed by atoms with E-state index < -0.39 is 0 Å². The molecule has 92 valence electrons. The Morgan fingerprint density at radius 1 is 1.18 bits per heavy atom. The zero-order valence-corrected chi connectivity index (χ0v) is 10.0. The molecule has 0 spiro atoms. The van der Waals surface area contributed by atoms with Crippen LogP contribution in [0.15, 0.2) is 24.3 Å². The normalized spacial score (nSPS) is 27.5. The second-order valence-electron chi connectivity index (χ2n) is 4.87. The minimum atomic E-state index is 0.445. The summed E-state index contributed by atoms with van der Waals surface area (Å²) in [6.45, 7) is 3.71. The minimum absolute atomic E-state index is 0.445. The number of rotatable bonds is 3. The fourth-order valence-electron chi connectivity index (χ4n) is 2.61. The van der Waals surface area contributed by atoms with E-state index in [0.717, 1.165) is 38.5 Å². The third kappa shape index (κ3) is 2.45. The molecule has 3 heteroatoms. The number of hydrogen-bond donors (Lipinski definition) is 1. The molecule has 2 aliphatic rings. The predicted molar refractivity (Wildman–Crippen MR) is 66.2 cm³/mol. The van der Waals surface area contributed by atoms with Gasteiger partial charge in [-0.3, -0.25) is 0 Å². The predicted octanol–water partition coefficient (Wildman–Crippen LogP) is 2.14. The Hall–Kier alpha value is -1.06. The van der Waals surface area contributed by atoms with Crippen LogP contribution in [0, 0.1) is 5.92 Å². The van der Waals surface area contributed by atoms with Crippen molar-refractivity contribution in [2.45, 2.75) is 18.9 Å². The first kappa shape index (κ1) is 11.1. The van der Waals surface area contributed by atoms with Gasteiger partial charge in [0.1, 0.15) is 5.75 Å². The first-order chi connectivity index (χ1) is 8.43. The number of benzene rings is 1. The van der Waals surface area contributed by atoms with E-state index >= 15 is 0 Å². The molecule has 1 aromatic rings. The van der Waals surface area contributed by atoms with E-state index in [4.69, 9.17) is 9.47 Å². The number of para-hydroxylation sites is 1. The maximum Gasteiger partial charge on any atom is 0.124 e. The van der Waals surface area contributed by atoms with Crippen LogP contribution < -0.4 is 10.1 Å². The molecule has 0 amide bonds. The Balaban J connectivity index is 1.64. The topological polar surface area (TPSA) is 30.5 Å². The molecule has 2 atom stereocenters. The third-order valence-corrected chi connectivity index (χ3v) is 3.64. The summed E-state index contributed by atoms with van der Waals surface area (Å²) >= 11 is 0. The highest BCUT2D eigenvalue weighted by Gasteiger charge is 2.22. The number of nitrogens with one attached hydrogen (secondary N) is 1. The van der Waals surface area contributed by atoms with Crippen molar-refractivity contribution in [1.82, 2.24) is 5.32 Å². The van der Waals surface area contributed by atoms with Crippen LogP contribution in [-0.4, -0.2) is 26.4 Å². The van der Waals surface area contributed by atoms with Crippen molar-refractivity contribution in [3.05, 3.63) is 29.8 Å². The molecular formula is C14H19NO2. The summed E-state index contributed by atoms with van der Waals surface area (Å²) in [5.74, 6) is 1.73. The smallest absolute Gasteiger partial charge is 0.124 e. The van der Waals surface area contributed by atoms with Crippen LogP contribution in [0.2, 0.25) is 0 Å². The van der Waals surface area contributed by atoms with Crippen molar-refractivity contribution >= 4 is 0 Å². The quantitative estimate of drug-likeness (QED) is 0.867. The second kappa shape index (κ2) is 5.07. The molecule has 17 heavy (non-hydrogen) atoms. The van der Waals surface area contributed by atoms with Crippen LogP contribution >= 0.6 is 0 Å². The summed E-state index contributed by atoms with van der Waals surface area (Å²) in [5, 5.41) is 3.66. The van der Waals surface area contributed by atoms with Crippen LogP contribution in [0.1, 0.15) is 24.4 Å². The van der Waals surface area contributed by atoms with Crippen molar-refractivity contribution in [2.75, 3.05) is 26.4 Å². The van der Waals surface area contributed by atoms with Gasteiger partial charge in [-0.05, 0) is 18.4 Å². The van der Waals surface area contributed by atoms with Gasteiger partial charge in [-0.15, -0.1) is 0 Å². The van der Waals surface area contributed by atoms with Crippen LogP contribution in [0.3, 0.4) is 0 Å². The van der Waals surface area contributed by atoms with E-state index in [1.54, 1.807) is 0 Å². The first-order valence-corrected chi connectivity index (χ1v) is 6.46. The summed E-state index contributed by atoms with van der Waals surface area (Å²) < 4.78 is 11.1. The van der Waals surface area contributed by atoms with Crippen molar-refractivity contribution in [1.29, 1.82) is 0 Å². The second-order valence-corrected chi connectivity index (χ2v) is 4.87. The molecule has 0 radical (unpaired) electrons. The Kier molecular flexibility index (Phi) is 3.29. The zero-order chi connectivity index (χ0) is 11.5. The van der Waals surface area contributed by atoms with Gasteiger partial charge in [0.15, 0.2) is 0 Å². The van der Waals surface area contributed by atoms with Gasteiger partial charge in [-0.2, -0.15) is 0 Å². The molecule has 1 N–H and O–H groups in total. The largest absolute Gasteiger partial charge is 0.493 e. The van der Waals surface area contributed by atoms with E-state index in [0.29, 0.717) is 12.0 Å². The lowest BCUT2D eigenvalue weighted by Gasteiger charge is -2.27. The van der Waals surface area contributed by atoms with E-state index in [1.165, 1.54) is 12.0 Å². The van der Waals surface area contributed by atoms with Gasteiger partial charge in [0, 0.05) is 31.2 Å². The molecule has 3 nitrogen and oxygen atoms in total. The highest BCUT2D eigenvalue weighted by atomic mass is 16.5. The SMILES string of the molecule is c1ccc2c(c1)OCC[C@@H]2NC[C@@H]1CCOC1. The molecule has 1 saturated heterocycles.